The van der Waals surface area contributed by atoms with Crippen LogP contribution in [0.1, 0.15) is 79.4 Å². The van der Waals surface area contributed by atoms with Crippen LogP contribution in [0.4, 0.5) is 32.0 Å². The predicted octanol–water partition coefficient (Wildman–Crippen LogP) is 5.75. The third-order valence-corrected chi connectivity index (χ3v) is 7.90. The number of pyridine rings is 1. The first-order valence-electron chi connectivity index (χ1n) is 13.0. The van der Waals surface area contributed by atoms with Gasteiger partial charge in [-0.3, -0.25) is 14.2 Å². The SMILES string of the molecule is CC(NC(=O)c1cn(C2(C(F)(F)F)CCCC2)c(=O)cc1NC1CCN(C)CC1)c1cccc(C(F)F)c1F. The van der Waals surface area contributed by atoms with E-state index in [1.54, 1.807) is 0 Å². The first-order chi connectivity index (χ1) is 18.3. The number of hydrogen-bond acceptors (Lipinski definition) is 4. The lowest BCUT2D eigenvalue weighted by atomic mass is 9.95. The molecule has 1 aromatic carbocycles. The minimum Gasteiger partial charge on any atom is -0.381 e. The Morgan fingerprint density at radius 3 is 2.31 bits per heavy atom. The van der Waals surface area contributed by atoms with Crippen molar-refractivity contribution >= 4 is 11.6 Å². The first-order valence-corrected chi connectivity index (χ1v) is 13.0. The number of aromatic nitrogens is 1. The molecular weight excluding hydrogens is 526 g/mol. The molecule has 4 rings (SSSR count). The van der Waals surface area contributed by atoms with Crippen molar-refractivity contribution in [3.63, 3.8) is 0 Å². The van der Waals surface area contributed by atoms with E-state index in [-0.39, 0.29) is 48.5 Å². The van der Waals surface area contributed by atoms with Crippen LogP contribution in [0, 0.1) is 5.82 Å². The summed E-state index contributed by atoms with van der Waals surface area (Å²) < 4.78 is 84.7. The number of anilines is 1. The van der Waals surface area contributed by atoms with Crippen molar-refractivity contribution in [2.45, 2.75) is 75.7 Å². The molecule has 6 nitrogen and oxygen atoms in total. The van der Waals surface area contributed by atoms with Crippen molar-refractivity contribution in [2.75, 3.05) is 25.5 Å². The summed E-state index contributed by atoms with van der Waals surface area (Å²) in [5, 5.41) is 5.68. The summed E-state index contributed by atoms with van der Waals surface area (Å²) in [5.74, 6) is -2.03. The van der Waals surface area contributed by atoms with Crippen LogP contribution in [0.25, 0.3) is 0 Å². The van der Waals surface area contributed by atoms with E-state index in [2.05, 4.69) is 15.5 Å². The second kappa shape index (κ2) is 11.2. The van der Waals surface area contributed by atoms with E-state index in [0.717, 1.165) is 31.4 Å². The van der Waals surface area contributed by atoms with Gasteiger partial charge in [-0.25, -0.2) is 13.2 Å². The molecule has 1 saturated heterocycles. The van der Waals surface area contributed by atoms with Crippen molar-refractivity contribution in [2.24, 2.45) is 0 Å². The van der Waals surface area contributed by atoms with Crippen LogP contribution in [-0.4, -0.2) is 47.7 Å². The largest absolute Gasteiger partial charge is 0.412 e. The fourth-order valence-electron chi connectivity index (χ4n) is 5.59. The molecule has 1 aliphatic heterocycles. The number of piperidine rings is 1. The van der Waals surface area contributed by atoms with Gasteiger partial charge in [-0.1, -0.05) is 31.0 Å². The van der Waals surface area contributed by atoms with Gasteiger partial charge >= 0.3 is 6.18 Å². The molecule has 1 saturated carbocycles. The fourth-order valence-corrected chi connectivity index (χ4v) is 5.59. The molecule has 1 amide bonds. The van der Waals surface area contributed by atoms with Crippen LogP contribution in [0.3, 0.4) is 0 Å². The topological polar surface area (TPSA) is 66.4 Å². The van der Waals surface area contributed by atoms with Crippen molar-refractivity contribution in [3.05, 3.63) is 63.3 Å². The summed E-state index contributed by atoms with van der Waals surface area (Å²) in [6.45, 7) is 2.90. The Kier molecular flexibility index (Phi) is 8.34. The number of benzene rings is 1. The summed E-state index contributed by atoms with van der Waals surface area (Å²) in [4.78, 5) is 28.7. The average molecular weight is 559 g/mol. The van der Waals surface area contributed by atoms with E-state index >= 15 is 0 Å². The highest BCUT2D eigenvalue weighted by Gasteiger charge is 2.57. The van der Waals surface area contributed by atoms with E-state index < -0.39 is 47.0 Å². The number of likely N-dealkylation sites (tertiary alicyclic amines) is 1. The first kappa shape index (κ1) is 29.0. The van der Waals surface area contributed by atoms with Gasteiger partial charge in [0.25, 0.3) is 17.9 Å². The Labute approximate surface area is 222 Å². The smallest absolute Gasteiger partial charge is 0.381 e. The zero-order chi connectivity index (χ0) is 28.5. The van der Waals surface area contributed by atoms with Crippen LogP contribution in [-0.2, 0) is 5.54 Å². The lowest BCUT2D eigenvalue weighted by Crippen LogP contribution is -2.50. The maximum absolute atomic E-state index is 14.7. The number of carbonyl (C=O) groups is 1. The highest BCUT2D eigenvalue weighted by Crippen LogP contribution is 2.48. The number of nitrogens with one attached hydrogen (secondary N) is 2. The van der Waals surface area contributed by atoms with Crippen LogP contribution in [0.15, 0.2) is 35.3 Å². The Bertz CT molecular complexity index is 1250. The van der Waals surface area contributed by atoms with Gasteiger partial charge in [0.2, 0.25) is 0 Å². The molecule has 214 valence electrons. The molecule has 2 aliphatic rings. The highest BCUT2D eigenvalue weighted by molar-refractivity contribution is 5.99. The molecule has 39 heavy (non-hydrogen) atoms. The molecule has 1 aliphatic carbocycles. The fraction of sp³-hybridized carbons (Fsp3) is 0.556. The second-order valence-corrected chi connectivity index (χ2v) is 10.5. The number of nitrogens with zero attached hydrogens (tertiary/aromatic N) is 2. The van der Waals surface area contributed by atoms with Gasteiger partial charge in [0.15, 0.2) is 0 Å². The molecule has 2 fully saturated rings. The maximum atomic E-state index is 14.7. The van der Waals surface area contributed by atoms with Gasteiger partial charge in [-0.2, -0.15) is 13.2 Å². The average Bonchev–Trinajstić information content (AvgIpc) is 3.37. The quantitative estimate of drug-likeness (QED) is 0.425. The summed E-state index contributed by atoms with van der Waals surface area (Å²) in [7, 11) is 1.96. The summed E-state index contributed by atoms with van der Waals surface area (Å²) in [6.07, 6.45) is -5.50. The summed E-state index contributed by atoms with van der Waals surface area (Å²) in [5.41, 5.74) is -4.46. The van der Waals surface area contributed by atoms with E-state index in [1.807, 2.05) is 7.05 Å². The van der Waals surface area contributed by atoms with Crippen LogP contribution in [0.2, 0.25) is 0 Å². The third kappa shape index (κ3) is 5.80. The Hall–Kier alpha value is -3.02. The molecule has 0 spiro atoms. The number of hydrogen-bond donors (Lipinski definition) is 2. The van der Waals surface area contributed by atoms with Gasteiger partial charge < -0.3 is 15.5 Å². The number of amides is 1. The minimum absolute atomic E-state index is 0.0765. The van der Waals surface area contributed by atoms with Crippen molar-refractivity contribution in [3.8, 4) is 0 Å². The van der Waals surface area contributed by atoms with Gasteiger partial charge in [0.05, 0.1) is 22.9 Å². The molecular formula is C27H32F6N4O2. The standard InChI is InChI=1S/C27H32F6N4O2/c1-16(18-6-5-7-19(23(18)28)24(29)30)34-25(39)20-15-37(26(27(31,32)33)10-3-4-11-26)22(38)14-21(20)35-17-8-12-36(2)13-9-17/h5-7,14-17,24,35H,3-4,8-13H2,1-2H3,(H,34,39). The number of halogens is 6. The van der Waals surface area contributed by atoms with Crippen LogP contribution < -0.4 is 16.2 Å². The zero-order valence-corrected chi connectivity index (χ0v) is 21.8. The molecule has 12 heteroatoms. The lowest BCUT2D eigenvalue weighted by molar-refractivity contribution is -0.214. The van der Waals surface area contributed by atoms with Gasteiger partial charge in [-0.15, -0.1) is 0 Å². The van der Waals surface area contributed by atoms with E-state index in [9.17, 15) is 35.9 Å². The van der Waals surface area contributed by atoms with Crippen molar-refractivity contribution in [1.82, 2.24) is 14.8 Å². The van der Waals surface area contributed by atoms with Gasteiger partial charge in [-0.05, 0) is 52.7 Å². The van der Waals surface area contributed by atoms with Crippen LogP contribution >= 0.6 is 0 Å². The molecule has 2 heterocycles. The molecule has 1 unspecified atom stereocenters. The number of carbonyl (C=O) groups excluding carboxylic acids is 1. The second-order valence-electron chi connectivity index (χ2n) is 10.5. The Morgan fingerprint density at radius 1 is 1.10 bits per heavy atom. The van der Waals surface area contributed by atoms with Crippen molar-refractivity contribution in [1.29, 1.82) is 0 Å². The lowest BCUT2D eigenvalue weighted by Gasteiger charge is -2.35. The molecule has 2 N–H and O–H groups in total. The molecule has 2 aromatic rings. The summed E-state index contributed by atoms with van der Waals surface area (Å²) in [6, 6.07) is 3.24. The Morgan fingerprint density at radius 2 is 1.72 bits per heavy atom. The number of alkyl halides is 5. The minimum atomic E-state index is -4.73. The molecule has 1 aromatic heterocycles. The van der Waals surface area contributed by atoms with E-state index in [1.165, 1.54) is 19.1 Å². The normalized spacial score (nSPS) is 19.3. The highest BCUT2D eigenvalue weighted by atomic mass is 19.4. The Balaban J connectivity index is 1.73. The van der Waals surface area contributed by atoms with E-state index in [4.69, 9.17) is 0 Å². The monoisotopic (exact) mass is 558 g/mol. The third-order valence-electron chi connectivity index (χ3n) is 7.90. The van der Waals surface area contributed by atoms with Crippen molar-refractivity contribution < 1.29 is 31.1 Å². The predicted molar refractivity (Wildman–Crippen MR) is 135 cm³/mol. The zero-order valence-electron chi connectivity index (χ0n) is 21.8. The molecule has 1 atom stereocenters. The summed E-state index contributed by atoms with van der Waals surface area (Å²) >= 11 is 0. The maximum Gasteiger partial charge on any atom is 0.412 e. The van der Waals surface area contributed by atoms with E-state index in [0.29, 0.717) is 17.4 Å². The van der Waals surface area contributed by atoms with Gasteiger partial charge in [0.1, 0.15) is 11.4 Å². The van der Waals surface area contributed by atoms with Gasteiger partial charge in [0, 0.05) is 23.9 Å². The molecule has 0 bridgehead atoms. The molecule has 0 radical (unpaired) electrons. The van der Waals surface area contributed by atoms with Crippen LogP contribution in [0.5, 0.6) is 0 Å². The number of rotatable bonds is 7.